The number of rotatable bonds is 3. The van der Waals surface area contributed by atoms with E-state index in [0.29, 0.717) is 24.0 Å². The molecule has 162 valence electrons. The van der Waals surface area contributed by atoms with Crippen LogP contribution in [0.25, 0.3) is 0 Å². The second-order valence-electron chi connectivity index (χ2n) is 7.51. The van der Waals surface area contributed by atoms with E-state index in [1.54, 1.807) is 16.4 Å². The molecule has 0 amide bonds. The lowest BCUT2D eigenvalue weighted by atomic mass is 10.1. The largest absolute Gasteiger partial charge is 0.473 e. The highest BCUT2D eigenvalue weighted by Gasteiger charge is 2.31. The first-order chi connectivity index (χ1) is 13.7. The number of aryl methyl sites for hydroxylation is 1. The van der Waals surface area contributed by atoms with Crippen LogP contribution < -0.4 is 0 Å². The summed E-state index contributed by atoms with van der Waals surface area (Å²) in [5.74, 6) is -3.65. The van der Waals surface area contributed by atoms with Gasteiger partial charge in [0.15, 0.2) is 0 Å². The third-order valence-electron chi connectivity index (χ3n) is 5.46. The fraction of sp³-hybridized carbons (Fsp3) is 0.600. The van der Waals surface area contributed by atoms with Gasteiger partial charge >= 0.3 is 11.9 Å². The van der Waals surface area contributed by atoms with Gasteiger partial charge < -0.3 is 10.2 Å². The van der Waals surface area contributed by atoms with Gasteiger partial charge in [0, 0.05) is 32.2 Å². The quantitative estimate of drug-likeness (QED) is 0.562. The molecule has 3 rings (SSSR count). The van der Waals surface area contributed by atoms with E-state index < -0.39 is 22.0 Å². The van der Waals surface area contributed by atoms with Gasteiger partial charge in [-0.2, -0.15) is 4.31 Å². The molecule has 1 aliphatic heterocycles. The van der Waals surface area contributed by atoms with E-state index in [1.807, 2.05) is 19.1 Å². The monoisotopic (exact) mass is 426 g/mol. The normalized spacial score (nSPS) is 19.6. The molecule has 1 aromatic rings. The van der Waals surface area contributed by atoms with Crippen LogP contribution in [0.1, 0.15) is 44.1 Å². The second kappa shape index (κ2) is 10.7. The average molecular weight is 427 g/mol. The summed E-state index contributed by atoms with van der Waals surface area (Å²) >= 11 is 0. The van der Waals surface area contributed by atoms with Crippen LogP contribution in [0.15, 0.2) is 29.2 Å². The fourth-order valence-corrected chi connectivity index (χ4v) is 5.21. The highest BCUT2D eigenvalue weighted by Crippen LogP contribution is 2.24. The maximum absolute atomic E-state index is 12.7. The molecular weight excluding hydrogens is 396 g/mol. The molecule has 1 aromatic carbocycles. The molecule has 8 nitrogen and oxygen atoms in total. The van der Waals surface area contributed by atoms with Gasteiger partial charge in [-0.05, 0) is 31.9 Å². The first kappa shape index (κ1) is 23.3. The summed E-state index contributed by atoms with van der Waals surface area (Å²) in [5, 5.41) is 14.8. The predicted molar refractivity (Wildman–Crippen MR) is 108 cm³/mol. The first-order valence-electron chi connectivity index (χ1n) is 9.99. The SMILES string of the molecule is Cc1ccc(S(=O)(=O)N2CCN(C3CCCCCC3)CC2)cc1.O=C(O)C(=O)O. The Kier molecular flexibility index (Phi) is 8.60. The standard InChI is InChI=1S/C18H28N2O2S.C2H2O4/c1-16-8-10-18(11-9-16)23(21,22)20-14-12-19(13-15-20)17-6-4-2-3-5-7-17;3-1(4)2(5)6/h8-11,17H,2-7,12-15H2,1H3;(H,3,4)(H,5,6). The van der Waals surface area contributed by atoms with Gasteiger partial charge in [0.05, 0.1) is 4.90 Å². The number of hydrogen-bond donors (Lipinski definition) is 2. The molecule has 1 heterocycles. The zero-order valence-corrected chi connectivity index (χ0v) is 17.6. The molecule has 9 heteroatoms. The van der Waals surface area contributed by atoms with Crippen LogP contribution in [0, 0.1) is 6.92 Å². The topological polar surface area (TPSA) is 115 Å². The zero-order valence-electron chi connectivity index (χ0n) is 16.8. The molecule has 1 saturated carbocycles. The summed E-state index contributed by atoms with van der Waals surface area (Å²) in [7, 11) is -3.33. The molecule has 0 unspecified atom stereocenters. The number of benzene rings is 1. The molecule has 2 N–H and O–H groups in total. The molecule has 0 aromatic heterocycles. The zero-order chi connectivity index (χ0) is 21.4. The molecule has 2 fully saturated rings. The van der Waals surface area contributed by atoms with E-state index in [0.717, 1.165) is 18.7 Å². The number of sulfonamides is 1. The van der Waals surface area contributed by atoms with Crippen LogP contribution in [-0.4, -0.2) is 72.0 Å². The maximum atomic E-state index is 12.7. The van der Waals surface area contributed by atoms with E-state index >= 15 is 0 Å². The van der Waals surface area contributed by atoms with Crippen molar-refractivity contribution in [3.63, 3.8) is 0 Å². The molecular formula is C20H30N2O6S. The number of aliphatic carboxylic acids is 2. The number of carbonyl (C=O) groups is 2. The summed E-state index contributed by atoms with van der Waals surface area (Å²) in [4.78, 5) is 21.1. The minimum atomic E-state index is -3.33. The third kappa shape index (κ3) is 6.80. The minimum Gasteiger partial charge on any atom is -0.473 e. The Hall–Kier alpha value is -1.97. The van der Waals surface area contributed by atoms with E-state index in [9.17, 15) is 8.42 Å². The number of piperazine rings is 1. The van der Waals surface area contributed by atoms with Gasteiger partial charge in [0.25, 0.3) is 0 Å². The van der Waals surface area contributed by atoms with Crippen molar-refractivity contribution in [1.29, 1.82) is 0 Å². The summed E-state index contributed by atoms with van der Waals surface area (Å²) in [6.45, 7) is 4.95. The smallest absolute Gasteiger partial charge is 0.414 e. The Balaban J connectivity index is 0.000000438. The van der Waals surface area contributed by atoms with Crippen molar-refractivity contribution in [2.75, 3.05) is 26.2 Å². The van der Waals surface area contributed by atoms with Crippen molar-refractivity contribution >= 4 is 22.0 Å². The number of carboxylic acids is 2. The van der Waals surface area contributed by atoms with Crippen LogP contribution in [0.5, 0.6) is 0 Å². The third-order valence-corrected chi connectivity index (χ3v) is 7.37. The molecule has 0 atom stereocenters. The highest BCUT2D eigenvalue weighted by molar-refractivity contribution is 7.89. The van der Waals surface area contributed by atoms with E-state index in [4.69, 9.17) is 19.8 Å². The maximum Gasteiger partial charge on any atom is 0.414 e. The number of hydrogen-bond acceptors (Lipinski definition) is 5. The predicted octanol–water partition coefficient (Wildman–Crippen LogP) is 2.18. The van der Waals surface area contributed by atoms with Crippen molar-refractivity contribution in [2.24, 2.45) is 0 Å². The van der Waals surface area contributed by atoms with Gasteiger partial charge in [-0.15, -0.1) is 0 Å². The van der Waals surface area contributed by atoms with E-state index in [-0.39, 0.29) is 0 Å². The average Bonchev–Trinajstić information content (AvgIpc) is 2.98. The lowest BCUT2D eigenvalue weighted by molar-refractivity contribution is -0.159. The lowest BCUT2D eigenvalue weighted by Crippen LogP contribution is -2.51. The van der Waals surface area contributed by atoms with Crippen molar-refractivity contribution < 1.29 is 28.2 Å². The molecule has 1 saturated heterocycles. The Morgan fingerprint density at radius 1 is 0.862 bits per heavy atom. The summed E-state index contributed by atoms with van der Waals surface area (Å²) in [6.07, 6.45) is 7.94. The molecule has 29 heavy (non-hydrogen) atoms. The van der Waals surface area contributed by atoms with Gasteiger partial charge in [-0.3, -0.25) is 4.90 Å². The first-order valence-corrected chi connectivity index (χ1v) is 11.4. The van der Waals surface area contributed by atoms with Gasteiger partial charge in [-0.25, -0.2) is 18.0 Å². The molecule has 0 radical (unpaired) electrons. The van der Waals surface area contributed by atoms with Gasteiger partial charge in [0.2, 0.25) is 10.0 Å². The van der Waals surface area contributed by atoms with Crippen LogP contribution in [0.4, 0.5) is 0 Å². The van der Waals surface area contributed by atoms with Crippen molar-refractivity contribution in [1.82, 2.24) is 9.21 Å². The fourth-order valence-electron chi connectivity index (χ4n) is 3.79. The summed E-state index contributed by atoms with van der Waals surface area (Å²) < 4.78 is 27.1. The molecule has 1 aliphatic carbocycles. The second-order valence-corrected chi connectivity index (χ2v) is 9.45. The van der Waals surface area contributed by atoms with Gasteiger partial charge in [-0.1, -0.05) is 43.4 Å². The minimum absolute atomic E-state index is 0.422. The molecule has 0 spiro atoms. The lowest BCUT2D eigenvalue weighted by Gasteiger charge is -2.38. The van der Waals surface area contributed by atoms with Crippen molar-refractivity contribution in [3.8, 4) is 0 Å². The number of carboxylic acid groups (broad SMARTS) is 2. The number of nitrogens with zero attached hydrogens (tertiary/aromatic N) is 2. The van der Waals surface area contributed by atoms with E-state index in [2.05, 4.69) is 4.90 Å². The Bertz CT molecular complexity index is 766. The molecule has 0 bridgehead atoms. The van der Waals surface area contributed by atoms with E-state index in [1.165, 1.54) is 38.5 Å². The summed E-state index contributed by atoms with van der Waals surface area (Å²) in [6, 6.07) is 7.86. The van der Waals surface area contributed by atoms with Crippen molar-refractivity contribution in [3.05, 3.63) is 29.8 Å². The van der Waals surface area contributed by atoms with Crippen LogP contribution >= 0.6 is 0 Å². The van der Waals surface area contributed by atoms with Crippen LogP contribution in [0.2, 0.25) is 0 Å². The highest BCUT2D eigenvalue weighted by atomic mass is 32.2. The Morgan fingerprint density at radius 3 is 1.79 bits per heavy atom. The van der Waals surface area contributed by atoms with Crippen LogP contribution in [-0.2, 0) is 19.6 Å². The summed E-state index contributed by atoms with van der Waals surface area (Å²) in [5.41, 5.74) is 1.09. The molecule has 2 aliphatic rings. The van der Waals surface area contributed by atoms with Crippen LogP contribution in [0.3, 0.4) is 0 Å². The van der Waals surface area contributed by atoms with Crippen molar-refractivity contribution in [2.45, 2.75) is 56.4 Å². The Morgan fingerprint density at radius 2 is 1.34 bits per heavy atom. The van der Waals surface area contributed by atoms with Gasteiger partial charge in [0.1, 0.15) is 0 Å². The Labute approximate surface area is 172 Å².